The minimum atomic E-state index is -0.0833. The van der Waals surface area contributed by atoms with Gasteiger partial charge in [0, 0.05) is 34.1 Å². The van der Waals surface area contributed by atoms with Crippen LogP contribution < -0.4 is 10.5 Å². The third kappa shape index (κ3) is 2.89. The number of pyridine rings is 1. The van der Waals surface area contributed by atoms with Crippen molar-refractivity contribution in [1.82, 2.24) is 19.7 Å². The van der Waals surface area contributed by atoms with E-state index in [-0.39, 0.29) is 18.0 Å². The third-order valence-electron chi connectivity index (χ3n) is 6.20. The van der Waals surface area contributed by atoms with Crippen LogP contribution in [-0.2, 0) is 7.05 Å². The standard InChI is InChI=1S/C23H20BrN5O2/c1-28-21-16-8-12(2-7-18(16)27-22(25)17(21)10-26-28)23(30)29(14-4-5-14)19-11-31-20-9-13(24)3-6-15(19)20/h2-3,6-10,14,19H,4-5,11H2,1H3,(H2,25,27). The molecule has 156 valence electrons. The van der Waals surface area contributed by atoms with Gasteiger partial charge in [0.2, 0.25) is 0 Å². The number of hydrogen-bond acceptors (Lipinski definition) is 5. The molecule has 7 nitrogen and oxygen atoms in total. The highest BCUT2D eigenvalue weighted by atomic mass is 79.9. The number of halogens is 1. The highest BCUT2D eigenvalue weighted by molar-refractivity contribution is 9.10. The van der Waals surface area contributed by atoms with Crippen LogP contribution in [-0.4, -0.2) is 38.2 Å². The van der Waals surface area contributed by atoms with Gasteiger partial charge in [-0.1, -0.05) is 22.0 Å². The van der Waals surface area contributed by atoms with Gasteiger partial charge in [-0.05, 0) is 43.2 Å². The molecule has 2 aromatic carbocycles. The lowest BCUT2D eigenvalue weighted by Gasteiger charge is -2.28. The van der Waals surface area contributed by atoms with Gasteiger partial charge in [0.25, 0.3) is 5.91 Å². The molecule has 2 aliphatic rings. The Morgan fingerprint density at radius 2 is 2.06 bits per heavy atom. The quantitative estimate of drug-likeness (QED) is 0.477. The Balaban J connectivity index is 1.45. The normalized spacial score (nSPS) is 17.7. The van der Waals surface area contributed by atoms with Crippen molar-refractivity contribution in [2.75, 3.05) is 12.3 Å². The zero-order chi connectivity index (χ0) is 21.3. The fourth-order valence-corrected chi connectivity index (χ4v) is 4.89. The van der Waals surface area contributed by atoms with Gasteiger partial charge in [-0.3, -0.25) is 9.48 Å². The number of nitrogens with two attached hydrogens (primary N) is 1. The smallest absolute Gasteiger partial charge is 0.254 e. The van der Waals surface area contributed by atoms with Gasteiger partial charge in [0.1, 0.15) is 18.2 Å². The Kier molecular flexibility index (Phi) is 4.02. The van der Waals surface area contributed by atoms with Crippen LogP contribution >= 0.6 is 15.9 Å². The number of rotatable bonds is 3. The largest absolute Gasteiger partial charge is 0.491 e. The first kappa shape index (κ1) is 18.6. The predicted octanol–water partition coefficient (Wildman–Crippen LogP) is 4.20. The van der Waals surface area contributed by atoms with Crippen LogP contribution in [0.1, 0.15) is 34.8 Å². The predicted molar refractivity (Wildman–Crippen MR) is 122 cm³/mol. The lowest BCUT2D eigenvalue weighted by atomic mass is 10.0. The van der Waals surface area contributed by atoms with E-state index in [2.05, 4.69) is 26.0 Å². The van der Waals surface area contributed by atoms with E-state index in [0.29, 0.717) is 18.0 Å². The topological polar surface area (TPSA) is 86.3 Å². The molecule has 0 saturated heterocycles. The number of aryl methyl sites for hydroxylation is 1. The maximum atomic E-state index is 13.8. The zero-order valence-corrected chi connectivity index (χ0v) is 18.5. The number of fused-ring (bicyclic) bond motifs is 4. The van der Waals surface area contributed by atoms with Gasteiger partial charge in [0.05, 0.1) is 28.7 Å². The van der Waals surface area contributed by atoms with Crippen LogP contribution in [0.3, 0.4) is 0 Å². The van der Waals surface area contributed by atoms with Crippen LogP contribution in [0.5, 0.6) is 5.75 Å². The van der Waals surface area contributed by atoms with E-state index in [1.54, 1.807) is 10.9 Å². The molecule has 2 N–H and O–H groups in total. The van der Waals surface area contributed by atoms with E-state index in [0.717, 1.165) is 50.4 Å². The van der Waals surface area contributed by atoms with E-state index >= 15 is 0 Å². The second-order valence-electron chi connectivity index (χ2n) is 8.21. The molecule has 0 radical (unpaired) electrons. The average Bonchev–Trinajstić information content (AvgIpc) is 3.39. The van der Waals surface area contributed by atoms with Crippen molar-refractivity contribution in [2.24, 2.45) is 7.05 Å². The number of carbonyl (C=O) groups is 1. The van der Waals surface area contributed by atoms with Gasteiger partial charge >= 0.3 is 0 Å². The first-order valence-corrected chi connectivity index (χ1v) is 11.1. The maximum Gasteiger partial charge on any atom is 0.254 e. The Bertz CT molecular complexity index is 1380. The number of carbonyl (C=O) groups excluding carboxylic acids is 1. The van der Waals surface area contributed by atoms with E-state index < -0.39 is 0 Å². The summed E-state index contributed by atoms with van der Waals surface area (Å²) in [6, 6.07) is 11.8. The van der Waals surface area contributed by atoms with Crippen molar-refractivity contribution < 1.29 is 9.53 Å². The summed E-state index contributed by atoms with van der Waals surface area (Å²) < 4.78 is 8.67. The minimum absolute atomic E-state index is 0.0147. The first-order valence-electron chi connectivity index (χ1n) is 10.3. The number of anilines is 1. The second kappa shape index (κ2) is 6.68. The summed E-state index contributed by atoms with van der Waals surface area (Å²) >= 11 is 3.50. The Morgan fingerprint density at radius 1 is 1.23 bits per heavy atom. The highest BCUT2D eigenvalue weighted by Gasteiger charge is 2.41. The molecule has 0 bridgehead atoms. The number of amides is 1. The van der Waals surface area contributed by atoms with Gasteiger partial charge < -0.3 is 15.4 Å². The molecule has 1 amide bonds. The molecule has 1 fully saturated rings. The monoisotopic (exact) mass is 477 g/mol. The first-order chi connectivity index (χ1) is 15.0. The second-order valence-corrected chi connectivity index (χ2v) is 9.13. The Hall–Kier alpha value is -3.13. The Labute approximate surface area is 186 Å². The number of nitrogen functional groups attached to an aromatic ring is 1. The summed E-state index contributed by atoms with van der Waals surface area (Å²) in [6.45, 7) is 0.478. The molecule has 4 aromatic rings. The molecule has 3 heterocycles. The highest BCUT2D eigenvalue weighted by Crippen LogP contribution is 2.43. The zero-order valence-electron chi connectivity index (χ0n) is 16.9. The average molecular weight is 478 g/mol. The van der Waals surface area contributed by atoms with Crippen molar-refractivity contribution in [3.63, 3.8) is 0 Å². The molecule has 1 aliphatic carbocycles. The molecule has 31 heavy (non-hydrogen) atoms. The van der Waals surface area contributed by atoms with E-state index in [1.165, 1.54) is 0 Å². The summed E-state index contributed by atoms with van der Waals surface area (Å²) in [4.78, 5) is 20.3. The van der Waals surface area contributed by atoms with Crippen molar-refractivity contribution in [1.29, 1.82) is 0 Å². The third-order valence-corrected chi connectivity index (χ3v) is 6.69. The van der Waals surface area contributed by atoms with Crippen LogP contribution in [0, 0.1) is 0 Å². The lowest BCUT2D eigenvalue weighted by molar-refractivity contribution is 0.0630. The molecule has 1 unspecified atom stereocenters. The van der Waals surface area contributed by atoms with Gasteiger partial charge in [-0.2, -0.15) is 5.10 Å². The molecular formula is C23H20BrN5O2. The summed E-state index contributed by atoms with van der Waals surface area (Å²) in [5, 5.41) is 6.00. The van der Waals surface area contributed by atoms with Crippen molar-refractivity contribution in [3.8, 4) is 5.75 Å². The molecule has 6 rings (SSSR count). The van der Waals surface area contributed by atoms with Crippen LogP contribution in [0.25, 0.3) is 21.8 Å². The fraction of sp³-hybridized carbons (Fsp3) is 0.261. The van der Waals surface area contributed by atoms with E-state index in [4.69, 9.17) is 10.5 Å². The number of benzene rings is 2. The van der Waals surface area contributed by atoms with Gasteiger partial charge in [-0.25, -0.2) is 4.98 Å². The summed E-state index contributed by atoms with van der Waals surface area (Å²) in [7, 11) is 1.87. The van der Waals surface area contributed by atoms with Crippen molar-refractivity contribution >= 4 is 49.5 Å². The lowest BCUT2D eigenvalue weighted by Crippen LogP contribution is -2.37. The molecule has 0 spiro atoms. The fourth-order valence-electron chi connectivity index (χ4n) is 4.55. The molecule has 2 aromatic heterocycles. The number of nitrogens with zero attached hydrogens (tertiary/aromatic N) is 4. The molecule has 1 saturated carbocycles. The molecule has 8 heteroatoms. The molecule has 1 atom stereocenters. The van der Waals surface area contributed by atoms with Crippen LogP contribution in [0.4, 0.5) is 5.82 Å². The number of hydrogen-bond donors (Lipinski definition) is 1. The number of aromatic nitrogens is 3. The van der Waals surface area contributed by atoms with E-state index in [1.807, 2.05) is 48.3 Å². The van der Waals surface area contributed by atoms with Gasteiger partial charge in [-0.15, -0.1) is 0 Å². The molecule has 1 aliphatic heterocycles. The summed E-state index contributed by atoms with van der Waals surface area (Å²) in [5.41, 5.74) is 9.45. The minimum Gasteiger partial charge on any atom is -0.491 e. The van der Waals surface area contributed by atoms with Crippen molar-refractivity contribution in [3.05, 3.63) is 58.2 Å². The van der Waals surface area contributed by atoms with Crippen LogP contribution in [0.15, 0.2) is 47.1 Å². The summed E-state index contributed by atoms with van der Waals surface area (Å²) in [6.07, 6.45) is 3.75. The Morgan fingerprint density at radius 3 is 2.87 bits per heavy atom. The number of ether oxygens (including phenoxy) is 1. The van der Waals surface area contributed by atoms with E-state index in [9.17, 15) is 4.79 Å². The summed E-state index contributed by atoms with van der Waals surface area (Å²) in [5.74, 6) is 1.30. The SMILES string of the molecule is Cn1ncc2c(N)nc3ccc(C(=O)N(C4CC4)C4COc5cc(Br)ccc54)cc3c21. The van der Waals surface area contributed by atoms with Crippen LogP contribution in [0.2, 0.25) is 0 Å². The maximum absolute atomic E-state index is 13.8. The van der Waals surface area contributed by atoms with Crippen molar-refractivity contribution in [2.45, 2.75) is 24.9 Å². The van der Waals surface area contributed by atoms with Gasteiger partial charge in [0.15, 0.2) is 0 Å². The molecular weight excluding hydrogens is 458 g/mol.